The minimum absolute atomic E-state index is 1.45. The summed E-state index contributed by atoms with van der Waals surface area (Å²) >= 11 is 0. The molecule has 0 unspecified atom stereocenters. The normalized spacial score (nSPS) is 27.0. The third-order valence-electron chi connectivity index (χ3n) is 3.80. The summed E-state index contributed by atoms with van der Waals surface area (Å²) in [5, 5.41) is 0. The van der Waals surface area contributed by atoms with Crippen LogP contribution in [0.5, 0.6) is 0 Å². The number of rotatable bonds is 4. The second-order valence-corrected chi connectivity index (χ2v) is 5.66. The monoisotopic (exact) mass is 470 g/mol. The Hall–Kier alpha value is -2.34. The molecule has 0 saturated carbocycles. The molecule has 0 bridgehead atoms. The largest absolute Gasteiger partial charge is 0.476 e. The molecule has 0 heterocycles. The van der Waals surface area contributed by atoms with Crippen molar-refractivity contribution >= 4 is 0 Å². The van der Waals surface area contributed by atoms with Crippen molar-refractivity contribution in [1.82, 2.24) is 0 Å². The summed E-state index contributed by atoms with van der Waals surface area (Å²) in [6.45, 7) is -3.11. The summed E-state index contributed by atoms with van der Waals surface area (Å²) in [6.07, 6.45) is 0. The first kappa shape index (κ1) is 23.9. The molecule has 0 spiro atoms. The first-order valence-corrected chi connectivity index (χ1v) is 7.09. The molecule has 170 valence electrons. The molecular formula is C14H4F14O2. The Morgan fingerprint density at radius 3 is 0.967 bits per heavy atom. The minimum atomic E-state index is -6.19. The van der Waals surface area contributed by atoms with Crippen LogP contribution in [0.3, 0.4) is 0 Å². The Kier molecular flexibility index (Phi) is 5.25. The fraction of sp³-hybridized carbons (Fsp3) is 0.571. The average molecular weight is 470 g/mol. The minimum Gasteiger partial charge on any atom is -0.476 e. The zero-order valence-electron chi connectivity index (χ0n) is 13.5. The van der Waals surface area contributed by atoms with Crippen LogP contribution >= 0.6 is 0 Å². The highest BCUT2D eigenvalue weighted by Crippen LogP contribution is 2.60. The number of alkyl halides is 12. The van der Waals surface area contributed by atoms with Crippen LogP contribution in [-0.2, 0) is 9.47 Å². The maximum atomic E-state index is 13.2. The first-order valence-electron chi connectivity index (χ1n) is 7.09. The summed E-state index contributed by atoms with van der Waals surface area (Å²) in [4.78, 5) is 0. The Bertz CT molecular complexity index is 790. The van der Waals surface area contributed by atoms with Crippen molar-refractivity contribution < 1.29 is 70.9 Å². The predicted molar refractivity (Wildman–Crippen MR) is 65.6 cm³/mol. The van der Waals surface area contributed by atoms with Gasteiger partial charge in [0.15, 0.2) is 0 Å². The van der Waals surface area contributed by atoms with Gasteiger partial charge >= 0.3 is 35.5 Å². The molecule has 2 aliphatic carbocycles. The number of hydrogen-bond donors (Lipinski definition) is 0. The molecule has 0 aliphatic heterocycles. The van der Waals surface area contributed by atoms with Crippen molar-refractivity contribution in [3.63, 3.8) is 0 Å². The second kappa shape index (κ2) is 6.58. The Balaban J connectivity index is 2.06. The van der Waals surface area contributed by atoms with E-state index in [0.717, 1.165) is 0 Å². The fourth-order valence-corrected chi connectivity index (χ4v) is 2.14. The molecule has 0 radical (unpaired) electrons. The van der Waals surface area contributed by atoms with E-state index in [9.17, 15) is 61.5 Å². The summed E-state index contributed by atoms with van der Waals surface area (Å²) in [5.41, 5.74) is 0. The summed E-state index contributed by atoms with van der Waals surface area (Å²) in [5.74, 6) is -45.1. The first-order chi connectivity index (χ1) is 13.3. The van der Waals surface area contributed by atoms with Gasteiger partial charge in [0, 0.05) is 0 Å². The van der Waals surface area contributed by atoms with E-state index in [1.165, 1.54) is 11.8 Å². The zero-order valence-corrected chi connectivity index (χ0v) is 13.5. The van der Waals surface area contributed by atoms with Crippen LogP contribution in [0, 0.1) is 11.8 Å². The molecular weight excluding hydrogens is 466 g/mol. The van der Waals surface area contributed by atoms with Crippen LogP contribution in [0.1, 0.15) is 0 Å². The topological polar surface area (TPSA) is 18.5 Å². The lowest BCUT2D eigenvalue weighted by atomic mass is 10.1. The van der Waals surface area contributed by atoms with Crippen molar-refractivity contribution in [3.8, 4) is 11.8 Å². The van der Waals surface area contributed by atoms with Gasteiger partial charge in [-0.3, -0.25) is 0 Å². The molecule has 0 aromatic rings. The molecule has 0 N–H and O–H groups in total. The number of halogens is 14. The molecule has 0 fully saturated rings. The molecule has 2 aliphatic rings. The lowest BCUT2D eigenvalue weighted by molar-refractivity contribution is -0.273. The predicted octanol–water partition coefficient (Wildman–Crippen LogP) is 5.22. The van der Waals surface area contributed by atoms with E-state index in [1.54, 1.807) is 0 Å². The van der Waals surface area contributed by atoms with Gasteiger partial charge in [-0.15, -0.1) is 0 Å². The van der Waals surface area contributed by atoms with E-state index in [1.807, 2.05) is 0 Å². The quantitative estimate of drug-likeness (QED) is 0.415. The number of allylic oxidation sites excluding steroid dienone is 4. The molecule has 0 saturated heterocycles. The molecule has 2 rings (SSSR count). The summed E-state index contributed by atoms with van der Waals surface area (Å²) in [7, 11) is 0. The van der Waals surface area contributed by atoms with Crippen LogP contribution in [0.25, 0.3) is 0 Å². The van der Waals surface area contributed by atoms with Gasteiger partial charge in [-0.05, 0) is 0 Å². The smallest absolute Gasteiger partial charge is 0.386 e. The Morgan fingerprint density at radius 1 is 0.500 bits per heavy atom. The third-order valence-corrected chi connectivity index (χ3v) is 3.80. The number of ether oxygens (including phenoxy) is 2. The van der Waals surface area contributed by atoms with Gasteiger partial charge in [0.1, 0.15) is 13.2 Å². The van der Waals surface area contributed by atoms with Gasteiger partial charge in [0.05, 0.1) is 0 Å². The molecule has 0 amide bonds. The van der Waals surface area contributed by atoms with Crippen LogP contribution in [0.2, 0.25) is 0 Å². The Morgan fingerprint density at radius 2 is 0.767 bits per heavy atom. The van der Waals surface area contributed by atoms with E-state index in [4.69, 9.17) is 0 Å². The van der Waals surface area contributed by atoms with Crippen molar-refractivity contribution in [3.05, 3.63) is 23.2 Å². The van der Waals surface area contributed by atoms with E-state index in [-0.39, 0.29) is 0 Å². The van der Waals surface area contributed by atoms with Crippen molar-refractivity contribution in [2.45, 2.75) is 35.5 Å². The van der Waals surface area contributed by atoms with Crippen LogP contribution in [0.4, 0.5) is 61.5 Å². The van der Waals surface area contributed by atoms with E-state index in [0.29, 0.717) is 0 Å². The highest BCUT2D eigenvalue weighted by Gasteiger charge is 2.83. The van der Waals surface area contributed by atoms with Gasteiger partial charge in [0.25, 0.3) is 0 Å². The second-order valence-electron chi connectivity index (χ2n) is 5.66. The molecule has 2 nitrogen and oxygen atoms in total. The molecule has 30 heavy (non-hydrogen) atoms. The highest BCUT2D eigenvalue weighted by molar-refractivity contribution is 5.34. The molecule has 16 heteroatoms. The molecule has 0 atom stereocenters. The lowest BCUT2D eigenvalue weighted by Crippen LogP contribution is -2.49. The van der Waals surface area contributed by atoms with Gasteiger partial charge in [-0.25, -0.2) is 8.78 Å². The van der Waals surface area contributed by atoms with Gasteiger partial charge in [0.2, 0.25) is 23.2 Å². The van der Waals surface area contributed by atoms with Crippen LogP contribution in [0.15, 0.2) is 23.2 Å². The van der Waals surface area contributed by atoms with E-state index in [2.05, 4.69) is 9.47 Å². The summed E-state index contributed by atoms with van der Waals surface area (Å²) < 4.78 is 189. The van der Waals surface area contributed by atoms with E-state index >= 15 is 0 Å². The van der Waals surface area contributed by atoms with Gasteiger partial charge in [-0.1, -0.05) is 11.8 Å². The van der Waals surface area contributed by atoms with Crippen molar-refractivity contribution in [1.29, 1.82) is 0 Å². The third kappa shape index (κ3) is 2.80. The Labute approximate surface area is 156 Å². The average Bonchev–Trinajstić information content (AvgIpc) is 2.74. The van der Waals surface area contributed by atoms with Crippen LogP contribution in [-0.4, -0.2) is 48.7 Å². The van der Waals surface area contributed by atoms with E-state index < -0.39 is 71.9 Å². The van der Waals surface area contributed by atoms with Gasteiger partial charge in [-0.2, -0.15) is 52.7 Å². The summed E-state index contributed by atoms with van der Waals surface area (Å²) in [6, 6.07) is 0. The fourth-order valence-electron chi connectivity index (χ4n) is 2.14. The van der Waals surface area contributed by atoms with Gasteiger partial charge < -0.3 is 9.47 Å². The zero-order chi connectivity index (χ0) is 23.6. The maximum Gasteiger partial charge on any atom is 0.386 e. The SMILES string of the molecule is FC1=C(OCC#CCOC2=C(F)C(F)(F)C(F)(F)C2(F)F)C(F)(F)C(F)(F)C1(F)F. The maximum absolute atomic E-state index is 13.2. The van der Waals surface area contributed by atoms with Crippen molar-refractivity contribution in [2.24, 2.45) is 0 Å². The standard InChI is InChI=1S/C14H4F14O2/c15-5-7(11(21,22)13(25,26)9(5,17)18)29-3-1-2-4-30-8-6(16)10(19,20)14(27,28)12(8,23)24/h3-4H2. The van der Waals surface area contributed by atoms with Crippen LogP contribution < -0.4 is 0 Å². The lowest BCUT2D eigenvalue weighted by Gasteiger charge is -2.23. The van der Waals surface area contributed by atoms with Crippen molar-refractivity contribution in [2.75, 3.05) is 13.2 Å². The highest BCUT2D eigenvalue weighted by atomic mass is 19.4. The molecule has 0 aromatic carbocycles. The molecule has 0 aromatic heterocycles. The number of hydrogen-bond acceptors (Lipinski definition) is 2.